The summed E-state index contributed by atoms with van der Waals surface area (Å²) in [5, 5.41) is 11.7. The molecule has 1 amide bonds. The van der Waals surface area contributed by atoms with E-state index in [0.717, 1.165) is 56.9 Å². The van der Waals surface area contributed by atoms with E-state index in [-0.39, 0.29) is 35.5 Å². The first kappa shape index (κ1) is 39.4. The van der Waals surface area contributed by atoms with E-state index in [9.17, 15) is 18.4 Å². The minimum absolute atomic E-state index is 0. The summed E-state index contributed by atoms with van der Waals surface area (Å²) in [4.78, 5) is 22.8. The number of carboxylic acids is 1. The molecule has 0 spiro atoms. The average Bonchev–Trinajstić information content (AvgIpc) is 3.86. The fourth-order valence-corrected chi connectivity index (χ4v) is 4.61. The van der Waals surface area contributed by atoms with Crippen LogP contribution in [0, 0.1) is 47.2 Å². The molecule has 2 fully saturated rings. The number of nitrogens with one attached hydrogen (secondary N) is 1. The van der Waals surface area contributed by atoms with E-state index in [1.807, 2.05) is 12.1 Å². The number of benzene rings is 4. The molecule has 0 saturated carbocycles. The molecule has 10 heteroatoms. The molecule has 50 heavy (non-hydrogen) atoms. The second kappa shape index (κ2) is 21.1. The standard InChI is InChI=1S/C20H18FNO2.C15H9FO2.C5H11NO.ClH/c21-19-9-5-16(6-10-19)2-1-15-3-7-18(8-4-15)20(23)22-13-17-11-12-24-14-17;16-14-9-5-12(6-10-14)2-1-11-3-7-13(8-4-11)15(17)18;6-3-5-1-2-7-4-5;/h3-10,17H,11-14H2,(H,22,23);3-10H,(H,17,18);5H,1-4,6H2;1H/t17-;;5-;/m1.1./s1. The van der Waals surface area contributed by atoms with E-state index in [1.165, 1.54) is 36.4 Å². The Hall–Kier alpha value is -5.03. The molecule has 2 aliphatic heterocycles. The highest BCUT2D eigenvalue weighted by Gasteiger charge is 2.16. The van der Waals surface area contributed by atoms with Crippen LogP contribution in [0.1, 0.15) is 55.8 Å². The lowest BCUT2D eigenvalue weighted by molar-refractivity contribution is 0.0696. The van der Waals surface area contributed by atoms with Gasteiger partial charge in [0.25, 0.3) is 5.91 Å². The Morgan fingerprint density at radius 3 is 1.38 bits per heavy atom. The number of aromatic carboxylic acids is 1. The molecule has 4 aromatic carbocycles. The Morgan fingerprint density at radius 2 is 1.04 bits per heavy atom. The van der Waals surface area contributed by atoms with Gasteiger partial charge in [0.05, 0.1) is 18.8 Å². The summed E-state index contributed by atoms with van der Waals surface area (Å²) >= 11 is 0. The second-order valence-electron chi connectivity index (χ2n) is 11.4. The van der Waals surface area contributed by atoms with Gasteiger partial charge in [-0.25, -0.2) is 13.6 Å². The molecule has 4 N–H and O–H groups in total. The number of amides is 1. The maximum Gasteiger partial charge on any atom is 0.335 e. The van der Waals surface area contributed by atoms with Crippen molar-refractivity contribution in [1.82, 2.24) is 5.32 Å². The minimum atomic E-state index is -0.965. The second-order valence-corrected chi connectivity index (χ2v) is 11.4. The maximum atomic E-state index is 12.8. The van der Waals surface area contributed by atoms with Crippen LogP contribution in [0.3, 0.4) is 0 Å². The van der Waals surface area contributed by atoms with E-state index >= 15 is 0 Å². The van der Waals surface area contributed by atoms with Crippen LogP contribution in [0.5, 0.6) is 0 Å². The molecular formula is C40H39ClF2N2O5. The predicted octanol–water partition coefficient (Wildman–Crippen LogP) is 6.32. The Labute approximate surface area is 297 Å². The molecular weight excluding hydrogens is 662 g/mol. The molecule has 6 rings (SSSR count). The highest BCUT2D eigenvalue weighted by molar-refractivity contribution is 5.94. The van der Waals surface area contributed by atoms with Crippen molar-refractivity contribution in [2.24, 2.45) is 17.6 Å². The highest BCUT2D eigenvalue weighted by atomic mass is 35.5. The predicted molar refractivity (Wildman–Crippen MR) is 191 cm³/mol. The van der Waals surface area contributed by atoms with Gasteiger partial charge >= 0.3 is 5.97 Å². The van der Waals surface area contributed by atoms with Crippen molar-refractivity contribution in [2.75, 3.05) is 39.5 Å². The number of carboxylic acid groups (broad SMARTS) is 1. The summed E-state index contributed by atoms with van der Waals surface area (Å²) < 4.78 is 35.9. The van der Waals surface area contributed by atoms with Crippen LogP contribution < -0.4 is 11.1 Å². The number of rotatable bonds is 5. The number of halogens is 3. The Bertz CT molecular complexity index is 1770. The normalized spacial score (nSPS) is 15.6. The van der Waals surface area contributed by atoms with Crippen molar-refractivity contribution in [1.29, 1.82) is 0 Å². The van der Waals surface area contributed by atoms with Crippen LogP contribution in [0.2, 0.25) is 0 Å². The molecule has 2 heterocycles. The zero-order valence-electron chi connectivity index (χ0n) is 27.4. The molecule has 260 valence electrons. The molecule has 0 aliphatic carbocycles. The third-order valence-corrected chi connectivity index (χ3v) is 7.60. The summed E-state index contributed by atoms with van der Waals surface area (Å²) in [6.07, 6.45) is 2.16. The van der Waals surface area contributed by atoms with Gasteiger partial charge in [0.1, 0.15) is 11.6 Å². The molecule has 2 aliphatic rings. The summed E-state index contributed by atoms with van der Waals surface area (Å²) in [6.45, 7) is 4.74. The van der Waals surface area contributed by atoms with E-state index < -0.39 is 5.97 Å². The molecule has 0 unspecified atom stereocenters. The Kier molecular flexibility index (Phi) is 16.7. The summed E-state index contributed by atoms with van der Waals surface area (Å²) in [5.41, 5.74) is 9.16. The first-order chi connectivity index (χ1) is 23.8. The van der Waals surface area contributed by atoms with E-state index in [1.54, 1.807) is 48.5 Å². The summed E-state index contributed by atoms with van der Waals surface area (Å²) in [5.74, 6) is 11.2. The molecule has 2 saturated heterocycles. The van der Waals surface area contributed by atoms with Gasteiger partial charge in [-0.1, -0.05) is 23.7 Å². The molecule has 7 nitrogen and oxygen atoms in total. The van der Waals surface area contributed by atoms with Gasteiger partial charge < -0.3 is 25.6 Å². The first-order valence-corrected chi connectivity index (χ1v) is 15.9. The Morgan fingerprint density at radius 1 is 0.660 bits per heavy atom. The van der Waals surface area contributed by atoms with Crippen LogP contribution in [0.15, 0.2) is 97.1 Å². The van der Waals surface area contributed by atoms with Crippen LogP contribution >= 0.6 is 12.4 Å². The fraction of sp³-hybridized carbons (Fsp3) is 0.250. The van der Waals surface area contributed by atoms with Crippen LogP contribution in [-0.4, -0.2) is 56.5 Å². The summed E-state index contributed by atoms with van der Waals surface area (Å²) in [7, 11) is 0. The highest BCUT2D eigenvalue weighted by Crippen LogP contribution is 2.12. The van der Waals surface area contributed by atoms with E-state index in [0.29, 0.717) is 35.1 Å². The number of hydrogen-bond donors (Lipinski definition) is 3. The average molecular weight is 701 g/mol. The lowest BCUT2D eigenvalue weighted by Gasteiger charge is -2.09. The van der Waals surface area contributed by atoms with Gasteiger partial charge in [0.2, 0.25) is 0 Å². The lowest BCUT2D eigenvalue weighted by atomic mass is 10.1. The zero-order valence-corrected chi connectivity index (χ0v) is 28.2. The van der Waals surface area contributed by atoms with Gasteiger partial charge in [-0.3, -0.25) is 4.79 Å². The third-order valence-electron chi connectivity index (χ3n) is 7.60. The number of nitrogens with two attached hydrogens (primary N) is 1. The van der Waals surface area contributed by atoms with Gasteiger partial charge in [-0.2, -0.15) is 0 Å². The Balaban J connectivity index is 0.000000228. The third kappa shape index (κ3) is 13.8. The van der Waals surface area contributed by atoms with E-state index in [2.05, 4.69) is 29.0 Å². The van der Waals surface area contributed by atoms with Gasteiger partial charge in [-0.05, 0) is 122 Å². The largest absolute Gasteiger partial charge is 0.478 e. The number of ether oxygens (including phenoxy) is 2. The monoisotopic (exact) mass is 700 g/mol. The number of hydrogen-bond acceptors (Lipinski definition) is 5. The zero-order chi connectivity index (χ0) is 34.8. The minimum Gasteiger partial charge on any atom is -0.478 e. The first-order valence-electron chi connectivity index (χ1n) is 15.9. The fourth-order valence-electron chi connectivity index (χ4n) is 4.61. The van der Waals surface area contributed by atoms with Gasteiger partial charge in [0.15, 0.2) is 0 Å². The SMILES string of the molecule is Cl.NC[C@H]1CCOC1.O=C(NC[C@H]1CCOC1)c1ccc(C#Cc2ccc(F)cc2)cc1.O=C(O)c1ccc(C#Cc2ccc(F)cc2)cc1. The molecule has 0 bridgehead atoms. The van der Waals surface area contributed by atoms with Gasteiger partial charge in [0, 0.05) is 53.5 Å². The van der Waals surface area contributed by atoms with Crippen molar-refractivity contribution >= 4 is 24.3 Å². The van der Waals surface area contributed by atoms with E-state index in [4.69, 9.17) is 20.3 Å². The van der Waals surface area contributed by atoms with Crippen LogP contribution in [0.25, 0.3) is 0 Å². The number of carbonyl (C=O) groups excluding carboxylic acids is 1. The summed E-state index contributed by atoms with van der Waals surface area (Å²) in [6, 6.07) is 25.3. The quantitative estimate of drug-likeness (QED) is 0.210. The van der Waals surface area contributed by atoms with Crippen molar-refractivity contribution in [3.63, 3.8) is 0 Å². The van der Waals surface area contributed by atoms with Crippen molar-refractivity contribution in [3.8, 4) is 23.7 Å². The van der Waals surface area contributed by atoms with Crippen molar-refractivity contribution < 1.29 is 33.0 Å². The van der Waals surface area contributed by atoms with Crippen LogP contribution in [-0.2, 0) is 9.47 Å². The number of carbonyl (C=O) groups is 2. The smallest absolute Gasteiger partial charge is 0.335 e. The topological polar surface area (TPSA) is 111 Å². The molecule has 0 radical (unpaired) electrons. The lowest BCUT2D eigenvalue weighted by Crippen LogP contribution is -2.29. The molecule has 4 aromatic rings. The van der Waals surface area contributed by atoms with Gasteiger partial charge in [-0.15, -0.1) is 12.4 Å². The molecule has 2 atom stereocenters. The maximum absolute atomic E-state index is 12.8. The molecule has 0 aromatic heterocycles. The van der Waals surface area contributed by atoms with Crippen molar-refractivity contribution in [3.05, 3.63) is 142 Å². The van der Waals surface area contributed by atoms with Crippen molar-refractivity contribution in [2.45, 2.75) is 12.8 Å². The van der Waals surface area contributed by atoms with Crippen LogP contribution in [0.4, 0.5) is 8.78 Å².